The smallest absolute Gasteiger partial charge is 0.198 e. The van der Waals surface area contributed by atoms with Gasteiger partial charge in [-0.1, -0.05) is 0 Å². The normalized spacial score (nSPS) is 27.9. The van der Waals surface area contributed by atoms with Gasteiger partial charge in [0.2, 0.25) is 0 Å². The number of carbonyl (C=O) groups is 4. The minimum atomic E-state index is -1.72. The van der Waals surface area contributed by atoms with Crippen molar-refractivity contribution in [3.8, 4) is 11.5 Å². The van der Waals surface area contributed by atoms with Crippen LogP contribution in [0.25, 0.3) is 0 Å². The van der Waals surface area contributed by atoms with E-state index < -0.39 is 64.8 Å². The van der Waals surface area contributed by atoms with Gasteiger partial charge in [0.25, 0.3) is 0 Å². The molecule has 0 saturated heterocycles. The largest absolute Gasteiger partial charge is 0.507 e. The summed E-state index contributed by atoms with van der Waals surface area (Å²) in [5.41, 5.74) is -1.30. The van der Waals surface area contributed by atoms with Crippen LogP contribution < -0.4 is 0 Å². The van der Waals surface area contributed by atoms with Crippen LogP contribution in [0.15, 0.2) is 40.5 Å². The standard InChI is InChI=1S/C30H26O10/c1-9-5-11-19(16(33)6-9)25(35)12-7-10(2)18(28(38)20(12)26(11)36)13-8-17(34)23-24(27(13)37)30(40)22-15(32)4-3-14(31)21(22)29(23)39/h5-7,13-15,17,27,31-34,37-38H,3-4,8H2,1-2H3/t13-,14+,15+,17-,27+/m0/s1. The number of Topliss-reactive ketones (excluding diaryl/α,β-unsaturated/α-hetero) is 2. The number of fused-ring (bicyclic) bond motifs is 2. The summed E-state index contributed by atoms with van der Waals surface area (Å²) in [6.45, 7) is 3.15. The van der Waals surface area contributed by atoms with Crippen molar-refractivity contribution >= 4 is 23.1 Å². The third-order valence-electron chi connectivity index (χ3n) is 8.55. The predicted molar refractivity (Wildman–Crippen MR) is 137 cm³/mol. The van der Waals surface area contributed by atoms with E-state index in [2.05, 4.69) is 0 Å². The molecule has 6 rings (SSSR count). The van der Waals surface area contributed by atoms with Crippen molar-refractivity contribution in [3.05, 3.63) is 79.4 Å². The Morgan fingerprint density at radius 3 is 1.80 bits per heavy atom. The molecule has 40 heavy (non-hydrogen) atoms. The minimum absolute atomic E-state index is 0.0163. The van der Waals surface area contributed by atoms with Gasteiger partial charge in [0, 0.05) is 44.9 Å². The molecule has 5 atom stereocenters. The van der Waals surface area contributed by atoms with Crippen molar-refractivity contribution in [1.29, 1.82) is 0 Å². The summed E-state index contributed by atoms with van der Waals surface area (Å²) in [7, 11) is 0. The quantitative estimate of drug-likeness (QED) is 0.240. The summed E-state index contributed by atoms with van der Waals surface area (Å²) >= 11 is 0. The molecule has 0 radical (unpaired) electrons. The van der Waals surface area contributed by atoms with E-state index in [1.807, 2.05) is 0 Å². The lowest BCUT2D eigenvalue weighted by molar-refractivity contribution is -0.121. The summed E-state index contributed by atoms with van der Waals surface area (Å²) in [4.78, 5) is 53.7. The molecule has 0 unspecified atom stereocenters. The lowest BCUT2D eigenvalue weighted by atomic mass is 9.65. The second-order valence-electron chi connectivity index (χ2n) is 11.0. The first-order valence-corrected chi connectivity index (χ1v) is 12.9. The highest BCUT2D eigenvalue weighted by molar-refractivity contribution is 6.30. The monoisotopic (exact) mass is 546 g/mol. The second kappa shape index (κ2) is 8.77. The molecule has 10 heteroatoms. The third kappa shape index (κ3) is 3.37. The van der Waals surface area contributed by atoms with Gasteiger partial charge in [0.15, 0.2) is 23.1 Å². The van der Waals surface area contributed by atoms with Crippen molar-refractivity contribution in [2.75, 3.05) is 0 Å². The van der Waals surface area contributed by atoms with Crippen molar-refractivity contribution in [1.82, 2.24) is 0 Å². The van der Waals surface area contributed by atoms with Crippen LogP contribution in [0.3, 0.4) is 0 Å². The molecule has 0 aromatic heterocycles. The van der Waals surface area contributed by atoms with Crippen molar-refractivity contribution in [2.24, 2.45) is 0 Å². The van der Waals surface area contributed by atoms with Gasteiger partial charge in [0.05, 0.1) is 35.5 Å². The number of hydrogen-bond acceptors (Lipinski definition) is 10. The molecule has 6 N–H and O–H groups in total. The number of rotatable bonds is 1. The number of phenols is 2. The van der Waals surface area contributed by atoms with Crippen LogP contribution in [0.4, 0.5) is 0 Å². The number of aliphatic hydroxyl groups excluding tert-OH is 4. The maximum Gasteiger partial charge on any atom is 0.198 e. The number of carbonyl (C=O) groups excluding carboxylic acids is 4. The molecular formula is C30H26O10. The highest BCUT2D eigenvalue weighted by Crippen LogP contribution is 2.49. The molecule has 0 bridgehead atoms. The van der Waals surface area contributed by atoms with Gasteiger partial charge in [-0.15, -0.1) is 0 Å². The van der Waals surface area contributed by atoms with E-state index >= 15 is 0 Å². The molecule has 0 heterocycles. The fraction of sp³-hybridized carbons (Fsp3) is 0.333. The molecule has 4 aliphatic rings. The first-order valence-electron chi connectivity index (χ1n) is 12.9. The van der Waals surface area contributed by atoms with Gasteiger partial charge >= 0.3 is 0 Å². The Bertz CT molecular complexity index is 1660. The molecular weight excluding hydrogens is 520 g/mol. The lowest BCUT2D eigenvalue weighted by Gasteiger charge is -2.40. The molecule has 206 valence electrons. The van der Waals surface area contributed by atoms with Crippen LogP contribution in [0, 0.1) is 13.8 Å². The Morgan fingerprint density at radius 2 is 1.18 bits per heavy atom. The number of hydrogen-bond donors (Lipinski definition) is 6. The number of aliphatic hydroxyl groups is 4. The number of benzene rings is 2. The number of aromatic hydroxyl groups is 2. The molecule has 10 nitrogen and oxygen atoms in total. The number of phenolic OH excluding ortho intramolecular Hbond substituents is 2. The van der Waals surface area contributed by atoms with Gasteiger partial charge in [0.1, 0.15) is 11.5 Å². The number of aryl methyl sites for hydroxylation is 2. The summed E-state index contributed by atoms with van der Waals surface area (Å²) in [5, 5.41) is 65.2. The molecule has 0 spiro atoms. The second-order valence-corrected chi connectivity index (χ2v) is 11.0. The third-order valence-corrected chi connectivity index (χ3v) is 8.55. The average molecular weight is 547 g/mol. The molecule has 0 aliphatic heterocycles. The van der Waals surface area contributed by atoms with Crippen molar-refractivity contribution in [3.63, 3.8) is 0 Å². The Hall–Kier alpha value is -3.96. The van der Waals surface area contributed by atoms with Crippen molar-refractivity contribution in [2.45, 2.75) is 63.4 Å². The maximum atomic E-state index is 13.5. The highest BCUT2D eigenvalue weighted by Gasteiger charge is 2.51. The maximum absolute atomic E-state index is 13.5. The lowest BCUT2D eigenvalue weighted by Crippen LogP contribution is -2.47. The van der Waals surface area contributed by atoms with Crippen LogP contribution in [0.1, 0.15) is 73.7 Å². The molecule has 2 aromatic carbocycles. The average Bonchev–Trinajstić information content (AvgIpc) is 2.88. The Labute approximate surface area is 227 Å². The molecule has 2 aromatic rings. The summed E-state index contributed by atoms with van der Waals surface area (Å²) in [6.07, 6.45) is -6.15. The molecule has 0 amide bonds. The van der Waals surface area contributed by atoms with Gasteiger partial charge in [-0.3, -0.25) is 19.2 Å². The molecule has 0 saturated carbocycles. The first kappa shape index (κ1) is 26.3. The summed E-state index contributed by atoms with van der Waals surface area (Å²) in [6, 6.07) is 4.13. The summed E-state index contributed by atoms with van der Waals surface area (Å²) in [5.74, 6) is -5.21. The Morgan fingerprint density at radius 1 is 0.650 bits per heavy atom. The fourth-order valence-electron chi connectivity index (χ4n) is 6.78. The van der Waals surface area contributed by atoms with E-state index in [4.69, 9.17) is 0 Å². The van der Waals surface area contributed by atoms with E-state index in [0.29, 0.717) is 5.56 Å². The zero-order valence-corrected chi connectivity index (χ0v) is 21.6. The van der Waals surface area contributed by atoms with Gasteiger partial charge in [-0.25, -0.2) is 0 Å². The first-order chi connectivity index (χ1) is 18.8. The van der Waals surface area contributed by atoms with Gasteiger partial charge < -0.3 is 30.6 Å². The topological polar surface area (TPSA) is 190 Å². The predicted octanol–water partition coefficient (Wildman–Crippen LogP) is 0.960. The molecule has 4 aliphatic carbocycles. The van der Waals surface area contributed by atoms with E-state index in [0.717, 1.165) is 0 Å². The van der Waals surface area contributed by atoms with E-state index in [9.17, 15) is 49.8 Å². The minimum Gasteiger partial charge on any atom is -0.507 e. The van der Waals surface area contributed by atoms with E-state index in [1.54, 1.807) is 6.92 Å². The SMILES string of the molecule is Cc1cc(O)c2c(c1)C(=O)c1c(cc(C)c([C@@H]3C[C@H](O)C4=C(C(=O)C5=C(C4=O)[C@H](O)CC[C@H]5O)[C@@H]3O)c1O)C2=O. The zero-order chi connectivity index (χ0) is 28.9. The fourth-order valence-corrected chi connectivity index (χ4v) is 6.78. The number of ketones is 4. The van der Waals surface area contributed by atoms with Crippen LogP contribution in [0.2, 0.25) is 0 Å². The zero-order valence-electron chi connectivity index (χ0n) is 21.6. The van der Waals surface area contributed by atoms with Crippen molar-refractivity contribution < 1.29 is 49.8 Å². The Kier molecular flexibility index (Phi) is 5.76. The Balaban J connectivity index is 1.49. The van der Waals surface area contributed by atoms with Crippen LogP contribution in [0.5, 0.6) is 11.5 Å². The van der Waals surface area contributed by atoms with Crippen LogP contribution in [-0.4, -0.2) is 78.2 Å². The summed E-state index contributed by atoms with van der Waals surface area (Å²) < 4.78 is 0. The van der Waals surface area contributed by atoms with Crippen LogP contribution in [-0.2, 0) is 9.59 Å². The van der Waals surface area contributed by atoms with E-state index in [-0.39, 0.29) is 75.1 Å². The van der Waals surface area contributed by atoms with E-state index in [1.165, 1.54) is 25.1 Å². The highest BCUT2D eigenvalue weighted by atomic mass is 16.3. The van der Waals surface area contributed by atoms with Gasteiger partial charge in [-0.2, -0.15) is 0 Å². The molecule has 0 fully saturated rings. The van der Waals surface area contributed by atoms with Crippen LogP contribution >= 0.6 is 0 Å². The van der Waals surface area contributed by atoms with Gasteiger partial charge in [-0.05, 0) is 62.4 Å².